The second kappa shape index (κ2) is 8.92. The zero-order valence-corrected chi connectivity index (χ0v) is 18.1. The van der Waals surface area contributed by atoms with E-state index in [4.69, 9.17) is 4.42 Å². The van der Waals surface area contributed by atoms with Crippen molar-refractivity contribution in [3.05, 3.63) is 85.8 Å². The van der Waals surface area contributed by atoms with E-state index in [1.807, 2.05) is 0 Å². The molecule has 0 saturated heterocycles. The Morgan fingerprint density at radius 1 is 1.06 bits per heavy atom. The minimum Gasteiger partial charge on any atom is -0.450 e. The summed E-state index contributed by atoms with van der Waals surface area (Å²) in [7, 11) is 0. The summed E-state index contributed by atoms with van der Waals surface area (Å²) in [6.45, 7) is 7.28. The first-order valence-electron chi connectivity index (χ1n) is 10.8. The van der Waals surface area contributed by atoms with Crippen molar-refractivity contribution in [1.29, 1.82) is 0 Å². The number of amides is 1. The Labute approximate surface area is 185 Å². The lowest BCUT2D eigenvalue weighted by Gasteiger charge is -2.26. The second-order valence-electron chi connectivity index (χ2n) is 7.80. The van der Waals surface area contributed by atoms with E-state index in [0.29, 0.717) is 28.6 Å². The average molecular weight is 435 g/mol. The lowest BCUT2D eigenvalue weighted by molar-refractivity contribution is -0.384. The van der Waals surface area contributed by atoms with Crippen LogP contribution in [0.4, 0.5) is 5.69 Å². The number of carbonyl (C=O) groups excluding carboxylic acids is 1. The number of para-hydroxylation sites is 1. The largest absolute Gasteiger partial charge is 0.450 e. The maximum absolute atomic E-state index is 13.4. The van der Waals surface area contributed by atoms with Crippen LogP contribution in [0.3, 0.4) is 0 Å². The zero-order chi connectivity index (χ0) is 22.8. The standard InChI is InChI=1S/C24H25N3O5/c1-3-25(4-2)14-7-15-26-21(16-10-12-17(13-11-16)27(30)31)20-22(28)18-8-5-6-9-19(18)32-23(20)24(26)29/h5-6,8-13,21H,3-4,7,14-15H2,1-2H3/t21-/m0/s1. The van der Waals surface area contributed by atoms with Crippen LogP contribution < -0.4 is 5.43 Å². The number of hydrogen-bond acceptors (Lipinski definition) is 6. The van der Waals surface area contributed by atoms with E-state index in [-0.39, 0.29) is 22.8 Å². The number of nitrogens with zero attached hydrogens (tertiary/aromatic N) is 3. The molecule has 0 bridgehead atoms. The molecule has 1 aromatic heterocycles. The fourth-order valence-corrected chi connectivity index (χ4v) is 4.33. The van der Waals surface area contributed by atoms with Gasteiger partial charge in [0.25, 0.3) is 11.6 Å². The van der Waals surface area contributed by atoms with Crippen LogP contribution in [0.1, 0.15) is 48.0 Å². The van der Waals surface area contributed by atoms with Crippen molar-refractivity contribution in [3.63, 3.8) is 0 Å². The summed E-state index contributed by atoms with van der Waals surface area (Å²) in [5, 5.41) is 11.5. The molecule has 32 heavy (non-hydrogen) atoms. The summed E-state index contributed by atoms with van der Waals surface area (Å²) < 4.78 is 5.90. The number of rotatable bonds is 8. The third-order valence-corrected chi connectivity index (χ3v) is 6.06. The van der Waals surface area contributed by atoms with Crippen molar-refractivity contribution in [3.8, 4) is 0 Å². The van der Waals surface area contributed by atoms with Gasteiger partial charge >= 0.3 is 0 Å². The molecule has 0 N–H and O–H groups in total. The Bertz CT molecular complexity index is 1210. The molecule has 0 fully saturated rings. The van der Waals surface area contributed by atoms with Gasteiger partial charge in [-0.05, 0) is 55.9 Å². The van der Waals surface area contributed by atoms with Crippen LogP contribution in [0.25, 0.3) is 11.0 Å². The first kappa shape index (κ1) is 21.7. The Morgan fingerprint density at radius 2 is 1.75 bits per heavy atom. The smallest absolute Gasteiger partial charge is 0.290 e. The van der Waals surface area contributed by atoms with E-state index in [9.17, 15) is 19.7 Å². The molecule has 2 heterocycles. The number of hydrogen-bond donors (Lipinski definition) is 0. The molecular formula is C24H25N3O5. The monoisotopic (exact) mass is 435 g/mol. The number of benzene rings is 2. The highest BCUT2D eigenvalue weighted by molar-refractivity contribution is 5.99. The van der Waals surface area contributed by atoms with Crippen molar-refractivity contribution in [2.24, 2.45) is 0 Å². The average Bonchev–Trinajstić information content (AvgIpc) is 3.09. The van der Waals surface area contributed by atoms with Crippen LogP contribution in [-0.4, -0.2) is 46.8 Å². The van der Waals surface area contributed by atoms with Crippen LogP contribution in [-0.2, 0) is 0 Å². The highest BCUT2D eigenvalue weighted by atomic mass is 16.6. The minimum absolute atomic E-state index is 0.0445. The lowest BCUT2D eigenvalue weighted by Crippen LogP contribution is -2.33. The third-order valence-electron chi connectivity index (χ3n) is 6.06. The summed E-state index contributed by atoms with van der Waals surface area (Å²) in [5.74, 6) is -0.273. The minimum atomic E-state index is -0.643. The van der Waals surface area contributed by atoms with Crippen molar-refractivity contribution >= 4 is 22.6 Å². The van der Waals surface area contributed by atoms with Crippen LogP contribution >= 0.6 is 0 Å². The van der Waals surface area contributed by atoms with Gasteiger partial charge in [-0.2, -0.15) is 0 Å². The number of non-ortho nitro benzene ring substituents is 1. The van der Waals surface area contributed by atoms with Crippen LogP contribution in [0.15, 0.2) is 57.7 Å². The summed E-state index contributed by atoms with van der Waals surface area (Å²) in [5.41, 5.74) is 1.03. The van der Waals surface area contributed by atoms with E-state index in [0.717, 1.165) is 26.1 Å². The van der Waals surface area contributed by atoms with Gasteiger partial charge in [0, 0.05) is 18.7 Å². The van der Waals surface area contributed by atoms with E-state index in [1.54, 1.807) is 41.3 Å². The number of carbonyl (C=O) groups is 1. The molecule has 0 aliphatic carbocycles. The van der Waals surface area contributed by atoms with Crippen LogP contribution in [0.5, 0.6) is 0 Å². The molecule has 0 saturated carbocycles. The normalized spacial score (nSPS) is 15.5. The van der Waals surface area contributed by atoms with Crippen LogP contribution in [0.2, 0.25) is 0 Å². The summed E-state index contributed by atoms with van der Waals surface area (Å²) in [6.07, 6.45) is 0.735. The van der Waals surface area contributed by atoms with E-state index in [2.05, 4.69) is 18.7 Å². The number of fused-ring (bicyclic) bond motifs is 2. The molecule has 0 unspecified atom stereocenters. The van der Waals surface area contributed by atoms with Gasteiger partial charge in [-0.15, -0.1) is 0 Å². The van der Waals surface area contributed by atoms with Gasteiger partial charge in [-0.1, -0.05) is 26.0 Å². The molecule has 1 atom stereocenters. The lowest BCUT2D eigenvalue weighted by atomic mass is 9.98. The quantitative estimate of drug-likeness (QED) is 0.392. The molecule has 3 aromatic rings. The van der Waals surface area contributed by atoms with Crippen molar-refractivity contribution < 1.29 is 14.1 Å². The van der Waals surface area contributed by atoms with E-state index in [1.165, 1.54) is 12.1 Å². The topological polar surface area (TPSA) is 96.9 Å². The van der Waals surface area contributed by atoms with Gasteiger partial charge < -0.3 is 14.2 Å². The molecular weight excluding hydrogens is 410 g/mol. The Hall–Kier alpha value is -3.52. The fraction of sp³-hybridized carbons (Fsp3) is 0.333. The SMILES string of the molecule is CCN(CC)CCCN1C(=O)c2oc3ccccc3c(=O)c2[C@@H]1c1ccc([N+](=O)[O-])cc1. The zero-order valence-electron chi connectivity index (χ0n) is 18.1. The Morgan fingerprint density at radius 3 is 2.41 bits per heavy atom. The molecule has 0 radical (unpaired) electrons. The number of nitro groups is 1. The van der Waals surface area contributed by atoms with Gasteiger partial charge in [-0.3, -0.25) is 19.7 Å². The first-order valence-corrected chi connectivity index (χ1v) is 10.8. The van der Waals surface area contributed by atoms with Crippen molar-refractivity contribution in [2.45, 2.75) is 26.3 Å². The molecule has 1 amide bonds. The fourth-order valence-electron chi connectivity index (χ4n) is 4.33. The highest BCUT2D eigenvalue weighted by Crippen LogP contribution is 2.38. The first-order chi connectivity index (χ1) is 15.5. The van der Waals surface area contributed by atoms with E-state index < -0.39 is 11.0 Å². The van der Waals surface area contributed by atoms with Gasteiger partial charge in [0.1, 0.15) is 5.58 Å². The molecule has 0 spiro atoms. The van der Waals surface area contributed by atoms with Gasteiger partial charge in [-0.25, -0.2) is 0 Å². The van der Waals surface area contributed by atoms with Gasteiger partial charge in [0.15, 0.2) is 5.43 Å². The van der Waals surface area contributed by atoms with Gasteiger partial charge in [0.05, 0.1) is 21.9 Å². The molecule has 1 aliphatic rings. The van der Waals surface area contributed by atoms with Crippen molar-refractivity contribution in [2.75, 3.05) is 26.2 Å². The predicted octanol–water partition coefficient (Wildman–Crippen LogP) is 3.98. The van der Waals surface area contributed by atoms with Crippen molar-refractivity contribution in [1.82, 2.24) is 9.80 Å². The predicted molar refractivity (Wildman–Crippen MR) is 121 cm³/mol. The Balaban J connectivity index is 1.78. The summed E-state index contributed by atoms with van der Waals surface area (Å²) in [4.78, 5) is 41.3. The van der Waals surface area contributed by atoms with Gasteiger partial charge in [0.2, 0.25) is 5.76 Å². The molecule has 2 aromatic carbocycles. The highest BCUT2D eigenvalue weighted by Gasteiger charge is 2.42. The van der Waals surface area contributed by atoms with Crippen LogP contribution in [0, 0.1) is 10.1 Å². The Kier molecular flexibility index (Phi) is 6.05. The third kappa shape index (κ3) is 3.78. The molecule has 4 rings (SSSR count). The maximum atomic E-state index is 13.4. The molecule has 8 nitrogen and oxygen atoms in total. The molecule has 1 aliphatic heterocycles. The molecule has 166 valence electrons. The van der Waals surface area contributed by atoms with E-state index >= 15 is 0 Å². The number of nitro benzene ring substituents is 1. The maximum Gasteiger partial charge on any atom is 0.290 e. The second-order valence-corrected chi connectivity index (χ2v) is 7.80. The molecule has 8 heteroatoms. The summed E-state index contributed by atoms with van der Waals surface area (Å²) >= 11 is 0. The summed E-state index contributed by atoms with van der Waals surface area (Å²) in [6, 6.07) is 12.2.